The zero-order chi connectivity index (χ0) is 19.7. The van der Waals surface area contributed by atoms with Crippen molar-refractivity contribution in [1.82, 2.24) is 14.2 Å². The maximum atomic E-state index is 12.8. The lowest BCUT2D eigenvalue weighted by molar-refractivity contribution is -0.179. The number of aromatic nitrogens is 1. The van der Waals surface area contributed by atoms with Crippen molar-refractivity contribution in [2.75, 3.05) is 57.4 Å². The number of halogens is 3. The van der Waals surface area contributed by atoms with E-state index in [2.05, 4.69) is 4.98 Å². The van der Waals surface area contributed by atoms with Crippen LogP contribution in [0.25, 0.3) is 0 Å². The van der Waals surface area contributed by atoms with E-state index >= 15 is 0 Å². The number of nitrogens with zero attached hydrogens (tertiary/aromatic N) is 4. The molecule has 0 amide bonds. The van der Waals surface area contributed by atoms with Crippen LogP contribution in [0.2, 0.25) is 0 Å². The molecule has 0 spiro atoms. The molecule has 1 aromatic heterocycles. The van der Waals surface area contributed by atoms with Gasteiger partial charge >= 0.3 is 6.18 Å². The summed E-state index contributed by atoms with van der Waals surface area (Å²) in [6.07, 6.45) is -2.93. The molecular weight excluding hydrogens is 385 g/mol. The fraction of sp³-hybridized carbons (Fsp3) is 0.688. The summed E-state index contributed by atoms with van der Waals surface area (Å²) in [5.74, 6) is 0.565. The van der Waals surface area contributed by atoms with E-state index < -0.39 is 22.2 Å². The molecule has 2 fully saturated rings. The standard InChI is InChI=1S/C16H23F3N4O3S/c1-13(16(17,18)19)21-4-6-22(7-5-21)15-3-2-14(12-20-15)27(24,25)23-8-10-26-11-9-23/h2-3,12-13H,4-11H2,1H3/t13-/m1/s1. The summed E-state index contributed by atoms with van der Waals surface area (Å²) in [6.45, 7) is 3.88. The molecule has 27 heavy (non-hydrogen) atoms. The molecule has 3 rings (SSSR count). The fourth-order valence-corrected chi connectivity index (χ4v) is 4.55. The number of piperazine rings is 1. The van der Waals surface area contributed by atoms with Crippen LogP contribution in [0.3, 0.4) is 0 Å². The molecule has 0 radical (unpaired) electrons. The molecular formula is C16H23F3N4O3S. The zero-order valence-electron chi connectivity index (χ0n) is 15.0. The molecule has 0 N–H and O–H groups in total. The van der Waals surface area contributed by atoms with Crippen LogP contribution in [0, 0.1) is 0 Å². The van der Waals surface area contributed by atoms with Crippen molar-refractivity contribution in [2.24, 2.45) is 0 Å². The first-order valence-electron chi connectivity index (χ1n) is 8.79. The summed E-state index contributed by atoms with van der Waals surface area (Å²) in [6, 6.07) is 1.63. The van der Waals surface area contributed by atoms with Crippen LogP contribution >= 0.6 is 0 Å². The highest BCUT2D eigenvalue weighted by molar-refractivity contribution is 7.89. The number of hydrogen-bond donors (Lipinski definition) is 0. The van der Waals surface area contributed by atoms with E-state index in [0.29, 0.717) is 45.2 Å². The quantitative estimate of drug-likeness (QED) is 0.746. The fourth-order valence-electron chi connectivity index (χ4n) is 3.19. The van der Waals surface area contributed by atoms with Crippen LogP contribution in [0.5, 0.6) is 0 Å². The normalized spacial score (nSPS) is 22.0. The van der Waals surface area contributed by atoms with E-state index in [1.54, 1.807) is 6.07 Å². The van der Waals surface area contributed by atoms with Crippen LogP contribution in [0.1, 0.15) is 6.92 Å². The highest BCUT2D eigenvalue weighted by atomic mass is 32.2. The minimum Gasteiger partial charge on any atom is -0.379 e. The van der Waals surface area contributed by atoms with Gasteiger partial charge in [-0.3, -0.25) is 4.90 Å². The molecule has 2 aliphatic rings. The smallest absolute Gasteiger partial charge is 0.379 e. The number of ether oxygens (including phenoxy) is 1. The Morgan fingerprint density at radius 2 is 1.70 bits per heavy atom. The van der Waals surface area contributed by atoms with Crippen molar-refractivity contribution < 1.29 is 26.3 Å². The van der Waals surface area contributed by atoms with Crippen molar-refractivity contribution in [3.8, 4) is 0 Å². The number of rotatable bonds is 4. The Hall–Kier alpha value is -1.43. The number of anilines is 1. The number of pyridine rings is 1. The lowest BCUT2D eigenvalue weighted by Gasteiger charge is -2.39. The maximum absolute atomic E-state index is 12.8. The van der Waals surface area contributed by atoms with Gasteiger partial charge in [0.15, 0.2) is 0 Å². The molecule has 1 aromatic rings. The molecule has 0 unspecified atom stereocenters. The summed E-state index contributed by atoms with van der Waals surface area (Å²) in [4.78, 5) is 7.60. The number of hydrogen-bond acceptors (Lipinski definition) is 6. The molecule has 2 saturated heterocycles. The molecule has 11 heteroatoms. The third-order valence-electron chi connectivity index (χ3n) is 4.99. The average Bonchev–Trinajstić information content (AvgIpc) is 2.67. The largest absolute Gasteiger partial charge is 0.403 e. The van der Waals surface area contributed by atoms with Crippen LogP contribution in [0.4, 0.5) is 19.0 Å². The molecule has 0 aliphatic carbocycles. The van der Waals surface area contributed by atoms with Crippen molar-refractivity contribution in [3.05, 3.63) is 18.3 Å². The van der Waals surface area contributed by atoms with Crippen LogP contribution in [0.15, 0.2) is 23.2 Å². The van der Waals surface area contributed by atoms with Gasteiger partial charge in [0.1, 0.15) is 16.8 Å². The van der Waals surface area contributed by atoms with E-state index in [4.69, 9.17) is 4.74 Å². The number of morpholine rings is 1. The monoisotopic (exact) mass is 408 g/mol. The molecule has 7 nitrogen and oxygen atoms in total. The van der Waals surface area contributed by atoms with Gasteiger partial charge in [-0.05, 0) is 19.1 Å². The molecule has 0 aromatic carbocycles. The lowest BCUT2D eigenvalue weighted by Crippen LogP contribution is -2.53. The highest BCUT2D eigenvalue weighted by Gasteiger charge is 2.41. The summed E-state index contributed by atoms with van der Waals surface area (Å²) in [5, 5.41) is 0. The second-order valence-corrected chi connectivity index (χ2v) is 8.55. The topological polar surface area (TPSA) is 66.0 Å². The van der Waals surface area contributed by atoms with Gasteiger partial charge in [-0.1, -0.05) is 0 Å². The van der Waals surface area contributed by atoms with Gasteiger partial charge in [0.2, 0.25) is 10.0 Å². The number of alkyl halides is 3. The molecule has 2 aliphatic heterocycles. The van der Waals surface area contributed by atoms with E-state index in [1.807, 2.05) is 4.90 Å². The van der Waals surface area contributed by atoms with E-state index in [9.17, 15) is 21.6 Å². The Morgan fingerprint density at radius 3 is 2.22 bits per heavy atom. The Kier molecular flexibility index (Phi) is 5.94. The van der Waals surface area contributed by atoms with E-state index in [1.165, 1.54) is 28.4 Å². The van der Waals surface area contributed by atoms with Crippen LogP contribution in [-0.2, 0) is 14.8 Å². The summed E-state index contributed by atoms with van der Waals surface area (Å²) >= 11 is 0. The maximum Gasteiger partial charge on any atom is 0.403 e. The summed E-state index contributed by atoms with van der Waals surface area (Å²) in [5.41, 5.74) is 0. The van der Waals surface area contributed by atoms with Crippen molar-refractivity contribution in [2.45, 2.75) is 24.0 Å². The molecule has 3 heterocycles. The van der Waals surface area contributed by atoms with E-state index in [-0.39, 0.29) is 18.0 Å². The van der Waals surface area contributed by atoms with Gasteiger partial charge in [0, 0.05) is 45.5 Å². The van der Waals surface area contributed by atoms with Gasteiger partial charge in [-0.2, -0.15) is 17.5 Å². The van der Waals surface area contributed by atoms with E-state index in [0.717, 1.165) is 0 Å². The third kappa shape index (κ3) is 4.53. The predicted octanol–water partition coefficient (Wildman–Crippen LogP) is 1.18. The average molecular weight is 408 g/mol. The number of sulfonamides is 1. The predicted molar refractivity (Wildman–Crippen MR) is 93.1 cm³/mol. The second-order valence-electron chi connectivity index (χ2n) is 6.61. The van der Waals surface area contributed by atoms with Crippen LogP contribution in [-0.4, -0.2) is 87.3 Å². The van der Waals surface area contributed by atoms with Crippen molar-refractivity contribution in [1.29, 1.82) is 0 Å². The Balaban J connectivity index is 1.63. The third-order valence-corrected chi connectivity index (χ3v) is 6.87. The second kappa shape index (κ2) is 7.90. The van der Waals surface area contributed by atoms with Crippen LogP contribution < -0.4 is 4.90 Å². The van der Waals surface area contributed by atoms with Crippen molar-refractivity contribution in [3.63, 3.8) is 0 Å². The zero-order valence-corrected chi connectivity index (χ0v) is 15.8. The Bertz CT molecular complexity index is 728. The van der Waals surface area contributed by atoms with Gasteiger partial charge in [0.05, 0.1) is 13.2 Å². The Morgan fingerprint density at radius 1 is 1.07 bits per heavy atom. The minimum atomic E-state index is -4.24. The first kappa shape index (κ1) is 20.3. The Labute approximate surface area is 156 Å². The van der Waals surface area contributed by atoms with Gasteiger partial charge in [0.25, 0.3) is 0 Å². The van der Waals surface area contributed by atoms with Gasteiger partial charge in [-0.15, -0.1) is 0 Å². The highest BCUT2D eigenvalue weighted by Crippen LogP contribution is 2.26. The van der Waals surface area contributed by atoms with Crippen molar-refractivity contribution >= 4 is 15.8 Å². The summed E-state index contributed by atoms with van der Waals surface area (Å²) in [7, 11) is -3.61. The SMILES string of the molecule is C[C@@H](N1CCN(c2ccc(S(=O)(=O)N3CCOCC3)cn2)CC1)C(F)(F)F. The van der Waals surface area contributed by atoms with Gasteiger partial charge in [-0.25, -0.2) is 13.4 Å². The lowest BCUT2D eigenvalue weighted by atomic mass is 10.2. The molecule has 0 saturated carbocycles. The first-order valence-corrected chi connectivity index (χ1v) is 10.2. The molecule has 152 valence electrons. The minimum absolute atomic E-state index is 0.109. The molecule has 0 bridgehead atoms. The first-order chi connectivity index (χ1) is 12.7. The molecule has 1 atom stereocenters. The van der Waals surface area contributed by atoms with Gasteiger partial charge < -0.3 is 9.64 Å². The summed E-state index contributed by atoms with van der Waals surface area (Å²) < 4.78 is 70.2.